The standard InChI is InChI=1S/C22H32F4O4.Na/c1-3-4-13-21(2,22(24,25)26)17(27)12-10-14-9-11-15-19(14)20(23)16(30-15)7-5-6-8-18(28)29;/h7,10,12,14-15,17,19-20,27H,3-6,8-9,11,13H2,1-2H3,(H,28,29);/q;+1/p-1/b12-10+,16-7-;/t14-,15-,17-,19-,20?,21?;/m1./s1. The Kier molecular flexibility index (Phi) is 11.1. The fraction of sp³-hybridized carbons (Fsp3) is 0.773. The number of aliphatic hydroxyl groups excluding tert-OH is 1. The van der Waals surface area contributed by atoms with Crippen molar-refractivity contribution in [2.45, 2.75) is 89.8 Å². The second kappa shape index (κ2) is 12.1. The number of carboxylic acid groups (broad SMARTS) is 1. The summed E-state index contributed by atoms with van der Waals surface area (Å²) in [6.45, 7) is 2.82. The van der Waals surface area contributed by atoms with E-state index in [-0.39, 0.29) is 60.2 Å². The van der Waals surface area contributed by atoms with Gasteiger partial charge >= 0.3 is 35.7 Å². The molecule has 0 amide bonds. The Morgan fingerprint density at radius 1 is 1.32 bits per heavy atom. The van der Waals surface area contributed by atoms with E-state index in [0.29, 0.717) is 38.5 Å². The van der Waals surface area contributed by atoms with Gasteiger partial charge in [0.2, 0.25) is 0 Å². The number of alkyl halides is 4. The van der Waals surface area contributed by atoms with Crippen LogP contribution in [0, 0.1) is 17.3 Å². The van der Waals surface area contributed by atoms with Crippen LogP contribution in [0.1, 0.15) is 65.2 Å². The minimum absolute atomic E-state index is 0. The molecule has 1 heterocycles. The molecule has 2 aliphatic rings. The van der Waals surface area contributed by atoms with E-state index in [4.69, 9.17) is 4.74 Å². The van der Waals surface area contributed by atoms with Crippen molar-refractivity contribution in [3.63, 3.8) is 0 Å². The van der Waals surface area contributed by atoms with Crippen molar-refractivity contribution in [2.75, 3.05) is 0 Å². The first-order valence-electron chi connectivity index (χ1n) is 10.6. The Hall–Kier alpha value is -0.570. The fourth-order valence-corrected chi connectivity index (χ4v) is 4.33. The molecule has 0 bridgehead atoms. The van der Waals surface area contributed by atoms with Gasteiger partial charge in [-0.15, -0.1) is 0 Å². The summed E-state index contributed by atoms with van der Waals surface area (Å²) in [4.78, 5) is 10.4. The predicted molar refractivity (Wildman–Crippen MR) is 102 cm³/mol. The number of aliphatic hydroxyl groups is 1. The summed E-state index contributed by atoms with van der Waals surface area (Å²) < 4.78 is 61.3. The summed E-state index contributed by atoms with van der Waals surface area (Å²) in [5.74, 6) is -1.82. The zero-order valence-corrected chi connectivity index (χ0v) is 20.5. The number of allylic oxidation sites excluding steroid dienone is 3. The van der Waals surface area contributed by atoms with Gasteiger partial charge < -0.3 is 19.7 Å². The number of hydrogen-bond donors (Lipinski definition) is 1. The molecule has 1 saturated carbocycles. The zero-order valence-electron chi connectivity index (χ0n) is 18.5. The Balaban J connectivity index is 0.00000480. The molecule has 0 spiro atoms. The molecule has 0 aromatic rings. The third kappa shape index (κ3) is 6.95. The molecule has 0 aromatic carbocycles. The molecule has 1 saturated heterocycles. The predicted octanol–water partition coefficient (Wildman–Crippen LogP) is 1.23. The topological polar surface area (TPSA) is 69.6 Å². The molecule has 2 unspecified atom stereocenters. The van der Waals surface area contributed by atoms with Crippen LogP contribution in [0.5, 0.6) is 0 Å². The Morgan fingerprint density at radius 3 is 2.58 bits per heavy atom. The van der Waals surface area contributed by atoms with Crippen LogP contribution in [0.25, 0.3) is 0 Å². The molecule has 9 heteroatoms. The largest absolute Gasteiger partial charge is 1.00 e. The van der Waals surface area contributed by atoms with Crippen LogP contribution in [-0.2, 0) is 9.53 Å². The van der Waals surface area contributed by atoms with Crippen molar-refractivity contribution >= 4 is 5.97 Å². The number of unbranched alkanes of at least 4 members (excludes halogenated alkanes) is 2. The number of carbonyl (C=O) groups excluding carboxylic acids is 1. The van der Waals surface area contributed by atoms with Crippen molar-refractivity contribution in [3.8, 4) is 0 Å². The van der Waals surface area contributed by atoms with E-state index in [1.165, 1.54) is 12.2 Å². The summed E-state index contributed by atoms with van der Waals surface area (Å²) in [5, 5.41) is 20.8. The molecule has 4 nitrogen and oxygen atoms in total. The number of rotatable bonds is 10. The monoisotopic (exact) mass is 458 g/mol. The molecule has 1 N–H and O–H groups in total. The van der Waals surface area contributed by atoms with Gasteiger partial charge in [0.15, 0.2) is 6.17 Å². The number of fused-ring (bicyclic) bond motifs is 1. The first-order chi connectivity index (χ1) is 14.0. The van der Waals surface area contributed by atoms with Gasteiger partial charge in [-0.1, -0.05) is 31.9 Å². The molecule has 6 atom stereocenters. The van der Waals surface area contributed by atoms with Crippen LogP contribution in [0.2, 0.25) is 0 Å². The normalized spacial score (nSPS) is 30.0. The number of aliphatic carboxylic acids is 1. The Morgan fingerprint density at radius 2 is 2.00 bits per heavy atom. The summed E-state index contributed by atoms with van der Waals surface area (Å²) in [5.41, 5.74) is -2.25. The van der Waals surface area contributed by atoms with Crippen molar-refractivity contribution < 1.29 is 66.9 Å². The maximum Gasteiger partial charge on any atom is 1.00 e. The van der Waals surface area contributed by atoms with Gasteiger partial charge in [0.25, 0.3) is 0 Å². The molecule has 31 heavy (non-hydrogen) atoms. The molecule has 2 fully saturated rings. The number of hydrogen-bond acceptors (Lipinski definition) is 4. The summed E-state index contributed by atoms with van der Waals surface area (Å²) in [6.07, 6.45) is -1.29. The quantitative estimate of drug-likeness (QED) is 0.232. The van der Waals surface area contributed by atoms with E-state index < -0.39 is 35.8 Å². The zero-order chi connectivity index (χ0) is 22.5. The average Bonchev–Trinajstić information content (AvgIpc) is 3.20. The molecule has 172 valence electrons. The number of carbonyl (C=O) groups is 1. The van der Waals surface area contributed by atoms with Crippen LogP contribution in [0.3, 0.4) is 0 Å². The summed E-state index contributed by atoms with van der Waals surface area (Å²) >= 11 is 0. The van der Waals surface area contributed by atoms with Crippen LogP contribution < -0.4 is 34.7 Å². The van der Waals surface area contributed by atoms with E-state index in [9.17, 15) is 32.6 Å². The van der Waals surface area contributed by atoms with E-state index in [1.807, 2.05) is 0 Å². The smallest absolute Gasteiger partial charge is 0.550 e. The van der Waals surface area contributed by atoms with Gasteiger partial charge in [-0.3, -0.25) is 0 Å². The molecular formula is C22H31F4NaO4. The number of halogens is 4. The van der Waals surface area contributed by atoms with Crippen LogP contribution in [0.15, 0.2) is 24.0 Å². The molecule has 1 aliphatic heterocycles. The Labute approximate surface area is 203 Å². The van der Waals surface area contributed by atoms with Gasteiger partial charge in [-0.2, -0.15) is 13.2 Å². The van der Waals surface area contributed by atoms with Gasteiger partial charge in [-0.05, 0) is 57.4 Å². The van der Waals surface area contributed by atoms with Crippen LogP contribution in [0.4, 0.5) is 17.6 Å². The third-order valence-corrected chi connectivity index (χ3v) is 6.43. The van der Waals surface area contributed by atoms with Crippen LogP contribution >= 0.6 is 0 Å². The fourth-order valence-electron chi connectivity index (χ4n) is 4.33. The third-order valence-electron chi connectivity index (χ3n) is 6.43. The first-order valence-corrected chi connectivity index (χ1v) is 10.6. The number of ether oxygens (including phenoxy) is 1. The van der Waals surface area contributed by atoms with E-state index >= 15 is 0 Å². The maximum absolute atomic E-state index is 14.9. The van der Waals surface area contributed by atoms with Gasteiger partial charge in [-0.25, -0.2) is 4.39 Å². The van der Waals surface area contributed by atoms with Crippen LogP contribution in [-0.4, -0.2) is 35.6 Å². The minimum Gasteiger partial charge on any atom is -0.550 e. The molecule has 2 rings (SSSR count). The number of carboxylic acids is 1. The van der Waals surface area contributed by atoms with Gasteiger partial charge in [0, 0.05) is 11.9 Å². The molecule has 1 aliphatic carbocycles. The summed E-state index contributed by atoms with van der Waals surface area (Å²) in [7, 11) is 0. The van der Waals surface area contributed by atoms with Crippen molar-refractivity contribution in [1.82, 2.24) is 0 Å². The first kappa shape index (κ1) is 28.5. The second-order valence-electron chi connectivity index (χ2n) is 8.60. The maximum atomic E-state index is 14.9. The van der Waals surface area contributed by atoms with Gasteiger partial charge in [0.1, 0.15) is 11.9 Å². The second-order valence-corrected chi connectivity index (χ2v) is 8.60. The van der Waals surface area contributed by atoms with Crippen molar-refractivity contribution in [1.29, 1.82) is 0 Å². The molecule has 0 aromatic heterocycles. The molecule has 0 radical (unpaired) electrons. The molecular weight excluding hydrogens is 427 g/mol. The van der Waals surface area contributed by atoms with Crippen molar-refractivity contribution in [3.05, 3.63) is 24.0 Å². The Bertz CT molecular complexity index is 652. The van der Waals surface area contributed by atoms with E-state index in [1.54, 1.807) is 13.0 Å². The van der Waals surface area contributed by atoms with E-state index in [2.05, 4.69) is 0 Å². The van der Waals surface area contributed by atoms with Gasteiger partial charge in [0.05, 0.1) is 11.5 Å². The minimum atomic E-state index is -4.55. The average molecular weight is 458 g/mol. The van der Waals surface area contributed by atoms with Crippen molar-refractivity contribution in [2.24, 2.45) is 17.3 Å². The SMILES string of the molecule is CCCCC(C)([C@H](O)/C=C/[C@H]1CC[C@H]2O/C(=C\CCCC(=O)[O-])C(F)[C@H]12)C(F)(F)F.[Na+]. The summed E-state index contributed by atoms with van der Waals surface area (Å²) in [6, 6.07) is 0. The van der Waals surface area contributed by atoms with E-state index in [0.717, 1.165) is 6.92 Å².